The SMILES string of the molecule is N#CN=c1c2cc(-c3cccc(O)c3)ccc2c2nc3c(=NC#N)c4cc(-c5cccc(C=O)c5)ccc4c3nc12. The maximum absolute atomic E-state index is 11.3. The van der Waals surface area contributed by atoms with Gasteiger partial charge in [-0.2, -0.15) is 20.5 Å². The van der Waals surface area contributed by atoms with Gasteiger partial charge in [-0.1, -0.05) is 54.6 Å². The van der Waals surface area contributed by atoms with Gasteiger partial charge in [0.15, 0.2) is 0 Å². The first-order valence-corrected chi connectivity index (χ1v) is 12.6. The minimum atomic E-state index is 0.152. The van der Waals surface area contributed by atoms with E-state index in [0.29, 0.717) is 49.1 Å². The van der Waals surface area contributed by atoms with Crippen LogP contribution < -0.4 is 10.7 Å². The Labute approximate surface area is 231 Å². The highest BCUT2D eigenvalue weighted by atomic mass is 16.3. The van der Waals surface area contributed by atoms with Crippen molar-refractivity contribution >= 4 is 49.9 Å². The smallest absolute Gasteiger partial charge is 0.206 e. The second kappa shape index (κ2) is 9.19. The Hall–Kier alpha value is -6.25. The lowest BCUT2D eigenvalue weighted by Crippen LogP contribution is -2.03. The summed E-state index contributed by atoms with van der Waals surface area (Å²) in [4.78, 5) is 29.5. The Balaban J connectivity index is 1.54. The van der Waals surface area contributed by atoms with Crippen molar-refractivity contribution < 1.29 is 9.90 Å². The molecule has 1 heterocycles. The molecule has 0 aliphatic heterocycles. The van der Waals surface area contributed by atoms with Gasteiger partial charge in [-0.3, -0.25) is 4.79 Å². The molecule has 0 radical (unpaired) electrons. The summed E-state index contributed by atoms with van der Waals surface area (Å²) in [5.41, 5.74) is 5.97. The van der Waals surface area contributed by atoms with Crippen molar-refractivity contribution in [3.63, 3.8) is 0 Å². The summed E-state index contributed by atoms with van der Waals surface area (Å²) in [5.74, 6) is 0.152. The molecule has 7 rings (SSSR count). The van der Waals surface area contributed by atoms with Gasteiger partial charge in [0.05, 0.1) is 11.0 Å². The van der Waals surface area contributed by atoms with E-state index in [0.717, 1.165) is 39.3 Å². The van der Waals surface area contributed by atoms with Crippen LogP contribution in [0.4, 0.5) is 0 Å². The van der Waals surface area contributed by atoms with Crippen LogP contribution in [0.15, 0.2) is 94.9 Å². The molecular weight excluding hydrogens is 512 g/mol. The van der Waals surface area contributed by atoms with Gasteiger partial charge in [0, 0.05) is 27.1 Å². The van der Waals surface area contributed by atoms with E-state index in [9.17, 15) is 20.4 Å². The van der Waals surface area contributed by atoms with E-state index in [2.05, 4.69) is 9.98 Å². The summed E-state index contributed by atoms with van der Waals surface area (Å²) in [6.45, 7) is 0. The van der Waals surface area contributed by atoms with Gasteiger partial charge < -0.3 is 5.11 Å². The number of rotatable bonds is 3. The third-order valence-electron chi connectivity index (χ3n) is 7.26. The summed E-state index contributed by atoms with van der Waals surface area (Å²) < 4.78 is 0. The van der Waals surface area contributed by atoms with Crippen LogP contribution in [0, 0.1) is 22.9 Å². The van der Waals surface area contributed by atoms with Crippen molar-refractivity contribution in [1.29, 1.82) is 10.5 Å². The van der Waals surface area contributed by atoms with Gasteiger partial charge >= 0.3 is 0 Å². The fraction of sp³-hybridized carbons (Fsp3) is 0. The van der Waals surface area contributed by atoms with Crippen molar-refractivity contribution in [1.82, 2.24) is 9.97 Å². The zero-order valence-electron chi connectivity index (χ0n) is 21.2. The fourth-order valence-electron chi connectivity index (χ4n) is 5.45. The second-order valence-corrected chi connectivity index (χ2v) is 9.55. The average molecular weight is 529 g/mol. The first-order valence-electron chi connectivity index (χ1n) is 12.6. The third-order valence-corrected chi connectivity index (χ3v) is 7.26. The maximum Gasteiger partial charge on any atom is 0.206 e. The molecule has 8 heteroatoms. The van der Waals surface area contributed by atoms with Crippen LogP contribution in [0.2, 0.25) is 0 Å². The highest BCUT2D eigenvalue weighted by Gasteiger charge is 2.19. The number of benzene rings is 4. The number of aromatic hydroxyl groups is 1. The molecule has 0 saturated carbocycles. The summed E-state index contributed by atoms with van der Waals surface area (Å²) in [6.07, 6.45) is 4.60. The van der Waals surface area contributed by atoms with Crippen LogP contribution in [0.5, 0.6) is 5.75 Å². The molecule has 41 heavy (non-hydrogen) atoms. The Bertz CT molecular complexity index is 2440. The normalized spacial score (nSPS) is 12.3. The quantitative estimate of drug-likeness (QED) is 0.235. The highest BCUT2D eigenvalue weighted by Crippen LogP contribution is 2.32. The van der Waals surface area contributed by atoms with Crippen molar-refractivity contribution in [3.8, 4) is 40.4 Å². The molecule has 0 fully saturated rings. The summed E-state index contributed by atoms with van der Waals surface area (Å²) in [5, 5.41) is 32.8. The molecule has 0 spiro atoms. The summed E-state index contributed by atoms with van der Waals surface area (Å²) in [7, 11) is 0. The van der Waals surface area contributed by atoms with Crippen LogP contribution >= 0.6 is 0 Å². The largest absolute Gasteiger partial charge is 0.508 e. The lowest BCUT2D eigenvalue weighted by atomic mass is 10.0. The molecule has 0 saturated heterocycles. The first-order chi connectivity index (χ1) is 20.1. The third kappa shape index (κ3) is 3.71. The molecule has 6 aromatic carbocycles. The minimum Gasteiger partial charge on any atom is -0.508 e. The van der Waals surface area contributed by atoms with Crippen LogP contribution in [-0.4, -0.2) is 21.4 Å². The monoisotopic (exact) mass is 528 g/mol. The summed E-state index contributed by atoms with van der Waals surface area (Å²) >= 11 is 0. The van der Waals surface area contributed by atoms with Gasteiger partial charge in [-0.05, 0) is 52.6 Å². The predicted octanol–water partition coefficient (Wildman–Crippen LogP) is 5.58. The molecule has 8 nitrogen and oxygen atoms in total. The average Bonchev–Trinajstić information content (AvgIpc) is 3.47. The Morgan fingerprint density at radius 1 is 0.610 bits per heavy atom. The van der Waals surface area contributed by atoms with E-state index in [1.807, 2.05) is 67.0 Å². The maximum atomic E-state index is 11.3. The van der Waals surface area contributed by atoms with Crippen molar-refractivity contribution in [2.45, 2.75) is 0 Å². The zero-order chi connectivity index (χ0) is 28.1. The second-order valence-electron chi connectivity index (χ2n) is 9.55. The number of fused-ring (bicyclic) bond motifs is 6. The molecule has 0 atom stereocenters. The molecule has 7 aromatic rings. The van der Waals surface area contributed by atoms with E-state index in [1.54, 1.807) is 30.3 Å². The molecule has 0 amide bonds. The van der Waals surface area contributed by atoms with Gasteiger partial charge in [0.2, 0.25) is 12.4 Å². The van der Waals surface area contributed by atoms with E-state index >= 15 is 0 Å². The van der Waals surface area contributed by atoms with Gasteiger partial charge in [0.1, 0.15) is 33.8 Å². The van der Waals surface area contributed by atoms with Crippen molar-refractivity contribution in [3.05, 3.63) is 101 Å². The predicted molar refractivity (Wildman–Crippen MR) is 155 cm³/mol. The molecule has 190 valence electrons. The Kier molecular flexibility index (Phi) is 5.34. The van der Waals surface area contributed by atoms with Gasteiger partial charge in [-0.25, -0.2) is 9.97 Å². The molecule has 0 aliphatic rings. The van der Waals surface area contributed by atoms with Crippen molar-refractivity contribution in [2.24, 2.45) is 9.98 Å². The van der Waals surface area contributed by atoms with Crippen LogP contribution in [0.1, 0.15) is 10.4 Å². The standard InChI is InChI=1S/C33H16N6O2/c34-16-36-28-26-13-21(19-4-1-3-18(11-19)15-40)7-9-24(26)30-32(28)39-31-25-10-8-22(20-5-2-6-23(41)12-20)14-27(25)29(37-17-35)33(31)38-30/h1-15,41H. The Morgan fingerprint density at radius 2 is 1.12 bits per heavy atom. The number of hydrogen-bond acceptors (Lipinski definition) is 8. The zero-order valence-corrected chi connectivity index (χ0v) is 21.2. The lowest BCUT2D eigenvalue weighted by Gasteiger charge is -2.03. The van der Waals surface area contributed by atoms with E-state index < -0.39 is 0 Å². The molecule has 1 N–H and O–H groups in total. The number of phenols is 1. The molecule has 0 aliphatic carbocycles. The van der Waals surface area contributed by atoms with E-state index in [4.69, 9.17) is 9.97 Å². The lowest BCUT2D eigenvalue weighted by molar-refractivity contribution is 0.112. The minimum absolute atomic E-state index is 0.152. The molecular formula is C33H16N6O2. The molecule has 1 aromatic heterocycles. The van der Waals surface area contributed by atoms with E-state index in [1.165, 1.54) is 0 Å². The number of aromatic nitrogens is 2. The molecule has 0 unspecified atom stereocenters. The summed E-state index contributed by atoms with van der Waals surface area (Å²) in [6, 6.07) is 25.7. The number of nitriles is 2. The van der Waals surface area contributed by atoms with Gasteiger partial charge in [0.25, 0.3) is 0 Å². The highest BCUT2D eigenvalue weighted by molar-refractivity contribution is 6.15. The van der Waals surface area contributed by atoms with Crippen LogP contribution in [0.3, 0.4) is 0 Å². The number of aldehydes is 1. The number of carbonyl (C=O) groups is 1. The first kappa shape index (κ1) is 23.8. The fourth-order valence-corrected chi connectivity index (χ4v) is 5.45. The van der Waals surface area contributed by atoms with Crippen molar-refractivity contribution in [2.75, 3.05) is 0 Å². The topological polar surface area (TPSA) is 135 Å². The number of carbonyl (C=O) groups excluding carboxylic acids is 1. The molecule has 0 bridgehead atoms. The van der Waals surface area contributed by atoms with Crippen LogP contribution in [-0.2, 0) is 0 Å². The van der Waals surface area contributed by atoms with Crippen LogP contribution in [0.25, 0.3) is 65.9 Å². The number of nitrogens with zero attached hydrogens (tertiary/aromatic N) is 6. The van der Waals surface area contributed by atoms with E-state index in [-0.39, 0.29) is 5.75 Å². The number of phenolic OH excluding ortho intramolecular Hbond substituents is 1. The Morgan fingerprint density at radius 3 is 1.63 bits per heavy atom. The number of hydrogen-bond donors (Lipinski definition) is 1. The van der Waals surface area contributed by atoms with Gasteiger partial charge in [-0.15, -0.1) is 0 Å².